The van der Waals surface area contributed by atoms with Crippen molar-refractivity contribution >= 4 is 11.4 Å². The number of rotatable bonds is 8. The molecule has 1 unspecified atom stereocenters. The Balaban J connectivity index is 1.51. The van der Waals surface area contributed by atoms with Crippen molar-refractivity contribution in [2.24, 2.45) is 4.99 Å². The van der Waals surface area contributed by atoms with Crippen LogP contribution in [0.4, 0.5) is 5.69 Å². The first-order chi connectivity index (χ1) is 18.5. The minimum absolute atomic E-state index is 0.284. The van der Waals surface area contributed by atoms with Gasteiger partial charge in [0.15, 0.2) is 6.79 Å². The van der Waals surface area contributed by atoms with E-state index in [0.29, 0.717) is 5.92 Å². The van der Waals surface area contributed by atoms with Gasteiger partial charge in [0.05, 0.1) is 11.4 Å². The van der Waals surface area contributed by atoms with Crippen LogP contribution in [0.3, 0.4) is 0 Å². The molecule has 0 heterocycles. The third-order valence-electron chi connectivity index (χ3n) is 7.69. The highest BCUT2D eigenvalue weighted by molar-refractivity contribution is 6.13. The summed E-state index contributed by atoms with van der Waals surface area (Å²) in [5.74, 6) is 1.48. The quantitative estimate of drug-likeness (QED) is 0.178. The Labute approximate surface area is 227 Å². The van der Waals surface area contributed by atoms with Crippen molar-refractivity contribution in [1.29, 1.82) is 0 Å². The lowest BCUT2D eigenvalue weighted by Crippen LogP contribution is -2.14. The Bertz CT molecular complexity index is 1360. The van der Waals surface area contributed by atoms with Crippen LogP contribution in [-0.2, 0) is 17.6 Å². The van der Waals surface area contributed by atoms with Gasteiger partial charge in [0.2, 0.25) is 0 Å². The molecule has 4 aromatic carbocycles. The summed E-state index contributed by atoms with van der Waals surface area (Å²) in [6.07, 6.45) is 4.46. The Hall–Kier alpha value is -3.69. The largest absolute Gasteiger partial charge is 0.467 e. The molecule has 1 aliphatic rings. The van der Waals surface area contributed by atoms with E-state index in [1.165, 1.54) is 46.2 Å². The molecule has 1 atom stereocenters. The summed E-state index contributed by atoms with van der Waals surface area (Å²) in [5.41, 5.74) is 12.4. The molecule has 38 heavy (non-hydrogen) atoms. The maximum Gasteiger partial charge on any atom is 0.188 e. The first kappa shape index (κ1) is 25.9. The van der Waals surface area contributed by atoms with Gasteiger partial charge in [-0.1, -0.05) is 73.7 Å². The summed E-state index contributed by atoms with van der Waals surface area (Å²) in [6, 6.07) is 29.8. The third-order valence-corrected chi connectivity index (χ3v) is 7.69. The lowest BCUT2D eigenvalue weighted by Gasteiger charge is -2.28. The van der Waals surface area contributed by atoms with E-state index in [9.17, 15) is 0 Å². The molecule has 3 heteroatoms. The Morgan fingerprint density at radius 1 is 0.868 bits per heavy atom. The summed E-state index contributed by atoms with van der Waals surface area (Å²) in [6.45, 7) is 7.04. The molecule has 0 spiro atoms. The van der Waals surface area contributed by atoms with E-state index in [1.54, 1.807) is 7.11 Å². The molecule has 3 nitrogen and oxygen atoms in total. The number of aliphatic imine (C=N–C) groups is 1. The molecule has 0 bridgehead atoms. The second-order valence-electron chi connectivity index (χ2n) is 10.4. The zero-order valence-corrected chi connectivity index (χ0v) is 23.0. The van der Waals surface area contributed by atoms with Gasteiger partial charge >= 0.3 is 0 Å². The lowest BCUT2D eigenvalue weighted by molar-refractivity contribution is 0.0500. The number of aryl methyl sites for hydroxylation is 2. The van der Waals surface area contributed by atoms with Crippen molar-refractivity contribution in [3.63, 3.8) is 0 Å². The van der Waals surface area contributed by atoms with Crippen LogP contribution < -0.4 is 4.74 Å². The standard InChI is InChI=1S/C35H37NO2/c1-24-12-11-17-31-29(18-19-33(34(24)31)38-23-37-4)22-32-25(2)20-30(21-26(32)3)36-35(27-13-7-5-8-14-27)28-15-9-6-10-16-28/h5-10,13-16,18-21,24H,11-12,17,22-23H2,1-4H3. The number of hydrogen-bond donors (Lipinski definition) is 0. The van der Waals surface area contributed by atoms with Crippen LogP contribution in [0.1, 0.15) is 70.2 Å². The number of methoxy groups -OCH3 is 1. The number of fused-ring (bicyclic) bond motifs is 1. The Morgan fingerprint density at radius 3 is 2.11 bits per heavy atom. The van der Waals surface area contributed by atoms with E-state index in [-0.39, 0.29) is 6.79 Å². The average Bonchev–Trinajstić information content (AvgIpc) is 2.94. The van der Waals surface area contributed by atoms with Crippen LogP contribution >= 0.6 is 0 Å². The number of hydrogen-bond acceptors (Lipinski definition) is 3. The first-order valence-corrected chi connectivity index (χ1v) is 13.6. The van der Waals surface area contributed by atoms with Gasteiger partial charge in [0.1, 0.15) is 5.75 Å². The maximum atomic E-state index is 5.97. The van der Waals surface area contributed by atoms with Gasteiger partial charge in [-0.3, -0.25) is 0 Å². The van der Waals surface area contributed by atoms with E-state index in [4.69, 9.17) is 14.5 Å². The SMILES string of the molecule is COCOc1ccc(Cc2c(C)cc(N=C(c3ccccc3)c3ccccc3)cc2C)c2c1C(C)CCC2. The molecule has 0 N–H and O–H groups in total. The van der Waals surface area contributed by atoms with Crippen molar-refractivity contribution in [3.05, 3.63) is 129 Å². The fourth-order valence-corrected chi connectivity index (χ4v) is 5.79. The van der Waals surface area contributed by atoms with Crippen molar-refractivity contribution in [2.45, 2.75) is 52.4 Å². The molecular weight excluding hydrogens is 466 g/mol. The normalized spacial score (nSPS) is 14.6. The minimum Gasteiger partial charge on any atom is -0.467 e. The molecule has 194 valence electrons. The predicted molar refractivity (Wildman–Crippen MR) is 157 cm³/mol. The molecule has 0 aromatic heterocycles. The van der Waals surface area contributed by atoms with Crippen molar-refractivity contribution < 1.29 is 9.47 Å². The highest BCUT2D eigenvalue weighted by atomic mass is 16.7. The van der Waals surface area contributed by atoms with Gasteiger partial charge in [-0.2, -0.15) is 0 Å². The highest BCUT2D eigenvalue weighted by Gasteiger charge is 2.24. The van der Waals surface area contributed by atoms with Gasteiger partial charge in [-0.25, -0.2) is 4.99 Å². The average molecular weight is 504 g/mol. The van der Waals surface area contributed by atoms with E-state index in [1.807, 2.05) is 12.1 Å². The lowest BCUT2D eigenvalue weighted by atomic mass is 9.79. The van der Waals surface area contributed by atoms with Crippen LogP contribution in [0.25, 0.3) is 0 Å². The summed E-state index contributed by atoms with van der Waals surface area (Å²) < 4.78 is 11.2. The van der Waals surface area contributed by atoms with Gasteiger partial charge in [0, 0.05) is 23.8 Å². The summed E-state index contributed by atoms with van der Waals surface area (Å²) >= 11 is 0. The highest BCUT2D eigenvalue weighted by Crippen LogP contribution is 2.40. The Kier molecular flexibility index (Phi) is 8.05. The smallest absolute Gasteiger partial charge is 0.188 e. The van der Waals surface area contributed by atoms with Crippen LogP contribution in [0, 0.1) is 13.8 Å². The van der Waals surface area contributed by atoms with E-state index in [2.05, 4.69) is 93.6 Å². The van der Waals surface area contributed by atoms with Crippen LogP contribution in [-0.4, -0.2) is 19.6 Å². The molecule has 0 saturated carbocycles. The first-order valence-electron chi connectivity index (χ1n) is 13.6. The topological polar surface area (TPSA) is 30.8 Å². The molecule has 4 aromatic rings. The molecule has 0 amide bonds. The monoisotopic (exact) mass is 503 g/mol. The molecule has 0 aliphatic heterocycles. The maximum absolute atomic E-state index is 5.97. The molecule has 1 aliphatic carbocycles. The second-order valence-corrected chi connectivity index (χ2v) is 10.4. The van der Waals surface area contributed by atoms with Gasteiger partial charge in [-0.15, -0.1) is 0 Å². The zero-order valence-electron chi connectivity index (χ0n) is 23.0. The second kappa shape index (κ2) is 11.8. The van der Waals surface area contributed by atoms with Crippen molar-refractivity contribution in [1.82, 2.24) is 0 Å². The summed E-state index contributed by atoms with van der Waals surface area (Å²) in [4.78, 5) is 5.18. The molecular formula is C35H37NO2. The van der Waals surface area contributed by atoms with E-state index in [0.717, 1.165) is 41.1 Å². The summed E-state index contributed by atoms with van der Waals surface area (Å²) in [7, 11) is 1.67. The van der Waals surface area contributed by atoms with Crippen molar-refractivity contribution in [3.8, 4) is 5.75 Å². The molecule has 5 rings (SSSR count). The minimum atomic E-state index is 0.284. The Morgan fingerprint density at radius 2 is 1.50 bits per heavy atom. The van der Waals surface area contributed by atoms with Gasteiger partial charge < -0.3 is 9.47 Å². The van der Waals surface area contributed by atoms with Gasteiger partial charge in [0.25, 0.3) is 0 Å². The van der Waals surface area contributed by atoms with E-state index >= 15 is 0 Å². The third kappa shape index (κ3) is 5.58. The van der Waals surface area contributed by atoms with Crippen LogP contribution in [0.15, 0.2) is 89.9 Å². The van der Waals surface area contributed by atoms with Crippen LogP contribution in [0.2, 0.25) is 0 Å². The molecule has 0 fully saturated rings. The van der Waals surface area contributed by atoms with Crippen molar-refractivity contribution in [2.75, 3.05) is 13.9 Å². The fourth-order valence-electron chi connectivity index (χ4n) is 5.79. The molecule has 0 radical (unpaired) electrons. The predicted octanol–water partition coefficient (Wildman–Crippen LogP) is 8.49. The zero-order chi connectivity index (χ0) is 26.5. The summed E-state index contributed by atoms with van der Waals surface area (Å²) in [5, 5.41) is 0. The van der Waals surface area contributed by atoms with Gasteiger partial charge in [-0.05, 0) is 91.5 Å². The fraction of sp³-hybridized carbons (Fsp3) is 0.286. The molecule has 0 saturated heterocycles. The number of ether oxygens (including phenoxy) is 2. The number of nitrogens with zero attached hydrogens (tertiary/aromatic N) is 1. The van der Waals surface area contributed by atoms with E-state index < -0.39 is 0 Å². The van der Waals surface area contributed by atoms with Crippen LogP contribution in [0.5, 0.6) is 5.75 Å². The number of benzene rings is 4.